The van der Waals surface area contributed by atoms with Crippen molar-refractivity contribution in [3.05, 3.63) is 136 Å². The molecule has 0 fully saturated rings. The summed E-state index contributed by atoms with van der Waals surface area (Å²) in [6, 6.07) is 29.2. The predicted octanol–water partition coefficient (Wildman–Crippen LogP) is 3.40. The number of H-pyrrole nitrogens is 1. The summed E-state index contributed by atoms with van der Waals surface area (Å²) in [5.41, 5.74) is 3.30. The van der Waals surface area contributed by atoms with E-state index < -0.39 is 53.9 Å². The summed E-state index contributed by atoms with van der Waals surface area (Å²) in [5.74, 6) is -3.55. The van der Waals surface area contributed by atoms with Crippen LogP contribution in [0.15, 0.2) is 119 Å². The van der Waals surface area contributed by atoms with Gasteiger partial charge in [-0.3, -0.25) is 38.3 Å². The number of nitrogens with zero attached hydrogens (tertiary/aromatic N) is 1. The number of nitrogens with one attached hydrogen (secondary N) is 5. The van der Waals surface area contributed by atoms with Gasteiger partial charge in [-0.25, -0.2) is 4.79 Å². The average Bonchev–Trinajstić information content (AvgIpc) is 3.70. The maximum absolute atomic E-state index is 13.9. The topological polar surface area (TPSA) is 237 Å². The van der Waals surface area contributed by atoms with Crippen molar-refractivity contribution in [3.63, 3.8) is 0 Å². The lowest BCUT2D eigenvalue weighted by molar-refractivity contribution is -0.147. The number of carbonyl (C=O) groups is 6. The van der Waals surface area contributed by atoms with Crippen molar-refractivity contribution in [3.8, 4) is 17.1 Å². The first-order valence-electron chi connectivity index (χ1n) is 19.4. The largest absolute Gasteiger partial charge is 0.489 e. The molecule has 2 atom stereocenters. The molecule has 0 saturated carbocycles. The van der Waals surface area contributed by atoms with Crippen LogP contribution in [0.1, 0.15) is 42.9 Å². The number of Topliss-reactive ketones (excluding diaryl/α,β-unsaturated/α-hetero) is 1. The van der Waals surface area contributed by atoms with Crippen molar-refractivity contribution in [1.82, 2.24) is 26.1 Å². The van der Waals surface area contributed by atoms with Crippen molar-refractivity contribution >= 4 is 41.1 Å². The van der Waals surface area contributed by atoms with Crippen molar-refractivity contribution in [1.29, 1.82) is 0 Å². The monoisotopic (exact) mass is 834 g/mol. The molecular weight excluding hydrogens is 789 g/mol. The predicted molar refractivity (Wildman–Crippen MR) is 221 cm³/mol. The van der Waals surface area contributed by atoms with Gasteiger partial charge in [-0.15, -0.1) is 0 Å². The van der Waals surface area contributed by atoms with Gasteiger partial charge in [0.15, 0.2) is 11.6 Å². The van der Waals surface area contributed by atoms with E-state index >= 15 is 0 Å². The summed E-state index contributed by atoms with van der Waals surface area (Å²) >= 11 is 0. The highest BCUT2D eigenvalue weighted by molar-refractivity contribution is 5.96. The van der Waals surface area contributed by atoms with Gasteiger partial charge in [-0.05, 0) is 60.0 Å². The van der Waals surface area contributed by atoms with Crippen LogP contribution >= 0.6 is 0 Å². The number of hydrogen-bond acceptors (Lipinski definition) is 12. The van der Waals surface area contributed by atoms with Crippen LogP contribution in [0, 0.1) is 0 Å². The molecule has 0 saturated heterocycles. The highest BCUT2D eigenvalue weighted by Gasteiger charge is 2.29. The number of ether oxygens (including phenoxy) is 3. The molecule has 1 aromatic heterocycles. The molecule has 4 amide bonds. The number of amides is 4. The van der Waals surface area contributed by atoms with E-state index in [9.17, 15) is 33.6 Å². The molecule has 318 valence electrons. The highest BCUT2D eigenvalue weighted by atomic mass is 16.5. The van der Waals surface area contributed by atoms with Crippen molar-refractivity contribution in [2.75, 3.05) is 25.1 Å². The second-order valence-corrected chi connectivity index (χ2v) is 13.8. The molecule has 5 rings (SSSR count). The van der Waals surface area contributed by atoms with E-state index in [1.807, 2.05) is 36.4 Å². The fourth-order valence-electron chi connectivity index (χ4n) is 5.72. The van der Waals surface area contributed by atoms with Gasteiger partial charge in [-0.1, -0.05) is 78.0 Å². The molecule has 0 aliphatic heterocycles. The molecule has 5 N–H and O–H groups in total. The van der Waals surface area contributed by atoms with Gasteiger partial charge in [0.2, 0.25) is 23.6 Å². The second-order valence-electron chi connectivity index (χ2n) is 13.8. The molecule has 1 heterocycles. The molecule has 5 aromatic rings. The Hall–Kier alpha value is -7.40. The summed E-state index contributed by atoms with van der Waals surface area (Å²) in [7, 11) is 0. The number of benzene rings is 4. The molecule has 0 aliphatic rings. The molecule has 0 spiro atoms. The number of rotatable bonds is 23. The first-order valence-corrected chi connectivity index (χ1v) is 19.4. The summed E-state index contributed by atoms with van der Waals surface area (Å²) in [5, 5.41) is 14.2. The van der Waals surface area contributed by atoms with Gasteiger partial charge >= 0.3 is 11.7 Å². The summed E-state index contributed by atoms with van der Waals surface area (Å²) in [6.07, 6.45) is -1.20. The van der Waals surface area contributed by atoms with E-state index in [4.69, 9.17) is 14.2 Å². The first-order chi connectivity index (χ1) is 29.5. The number of ketones is 1. The third-order valence-electron chi connectivity index (χ3n) is 8.82. The molecule has 4 aromatic carbocycles. The number of aromatic amines is 1. The van der Waals surface area contributed by atoms with Crippen LogP contribution in [0.2, 0.25) is 0 Å². The zero-order valence-corrected chi connectivity index (χ0v) is 33.3. The van der Waals surface area contributed by atoms with E-state index in [0.29, 0.717) is 34.7 Å². The zero-order valence-electron chi connectivity index (χ0n) is 33.3. The number of hydrogen-bond donors (Lipinski definition) is 5. The van der Waals surface area contributed by atoms with Gasteiger partial charge in [0, 0.05) is 37.1 Å². The number of anilines is 1. The summed E-state index contributed by atoms with van der Waals surface area (Å²) in [6.45, 7) is 1.59. The van der Waals surface area contributed by atoms with E-state index in [-0.39, 0.29) is 57.2 Å². The molecule has 17 nitrogen and oxygen atoms in total. The van der Waals surface area contributed by atoms with Crippen LogP contribution in [0.3, 0.4) is 0 Å². The van der Waals surface area contributed by atoms with E-state index in [1.165, 1.54) is 6.92 Å². The minimum atomic E-state index is -1.49. The summed E-state index contributed by atoms with van der Waals surface area (Å²) in [4.78, 5) is 91.5. The average molecular weight is 835 g/mol. The smallest absolute Gasteiger partial charge is 0.439 e. The van der Waals surface area contributed by atoms with Gasteiger partial charge < -0.3 is 35.5 Å². The molecule has 0 unspecified atom stereocenters. The Labute approximate surface area is 350 Å². The molecular formula is C44H46N6O11. The second kappa shape index (κ2) is 23.3. The third kappa shape index (κ3) is 15.7. The van der Waals surface area contributed by atoms with Gasteiger partial charge in [0.05, 0.1) is 13.0 Å². The Morgan fingerprint density at radius 3 is 2.02 bits per heavy atom. The Kier molecular flexibility index (Phi) is 17.0. The molecule has 0 radical (unpaired) electrons. The molecule has 61 heavy (non-hydrogen) atoms. The molecule has 0 bridgehead atoms. The van der Waals surface area contributed by atoms with Crippen molar-refractivity contribution < 1.29 is 47.5 Å². The number of carbonyl (C=O) groups excluding carboxylic acids is 6. The summed E-state index contributed by atoms with van der Waals surface area (Å²) < 4.78 is 21.1. The van der Waals surface area contributed by atoms with Crippen LogP contribution in [-0.2, 0) is 57.9 Å². The number of esters is 1. The molecule has 0 aliphatic carbocycles. The number of aromatic nitrogens is 2. The minimum absolute atomic E-state index is 0.0155. The lowest BCUT2D eigenvalue weighted by Gasteiger charge is -2.23. The highest BCUT2D eigenvalue weighted by Crippen LogP contribution is 2.18. The SMILES string of the molecule is CC(=O)COCCNC(=O)[C@H](Cc1ccc(OCc2ccccc2)cc1)NC(=O)[C@H](CC(=O)OCc1ccccc1)NC(=O)CCC(=O)Nc1ccc(-c2noc(=O)[nH]2)cc1. The van der Waals surface area contributed by atoms with Crippen LogP contribution in [0.5, 0.6) is 5.75 Å². The van der Waals surface area contributed by atoms with Crippen molar-refractivity contribution in [2.45, 2.75) is 57.9 Å². The van der Waals surface area contributed by atoms with Gasteiger partial charge in [0.1, 0.15) is 37.7 Å². The Balaban J connectivity index is 1.23. The Morgan fingerprint density at radius 2 is 1.38 bits per heavy atom. The van der Waals surface area contributed by atoms with Crippen LogP contribution in [0.4, 0.5) is 5.69 Å². The molecule has 17 heteroatoms. The third-order valence-corrected chi connectivity index (χ3v) is 8.82. The zero-order chi connectivity index (χ0) is 43.4. The van der Waals surface area contributed by atoms with E-state index in [0.717, 1.165) is 5.56 Å². The van der Waals surface area contributed by atoms with Crippen LogP contribution in [-0.4, -0.2) is 77.4 Å². The normalized spacial score (nSPS) is 11.7. The lowest BCUT2D eigenvalue weighted by Crippen LogP contribution is -2.55. The van der Waals surface area contributed by atoms with E-state index in [2.05, 4.69) is 35.9 Å². The fourth-order valence-corrected chi connectivity index (χ4v) is 5.72. The maximum Gasteiger partial charge on any atom is 0.439 e. The fraction of sp³-hybridized carbons (Fsp3) is 0.273. The maximum atomic E-state index is 13.9. The minimum Gasteiger partial charge on any atom is -0.489 e. The van der Waals surface area contributed by atoms with Gasteiger partial charge in [0.25, 0.3) is 0 Å². The van der Waals surface area contributed by atoms with E-state index in [1.54, 1.807) is 72.8 Å². The Morgan fingerprint density at radius 1 is 0.721 bits per heavy atom. The quantitative estimate of drug-likeness (QED) is 0.0471. The van der Waals surface area contributed by atoms with Crippen LogP contribution < -0.4 is 31.8 Å². The van der Waals surface area contributed by atoms with Gasteiger partial charge in [-0.2, -0.15) is 0 Å². The lowest BCUT2D eigenvalue weighted by atomic mass is 10.0. The van der Waals surface area contributed by atoms with Crippen molar-refractivity contribution in [2.24, 2.45) is 0 Å². The standard InChI is InChI=1S/C44H46N6O11/c1-29(51)26-58-23-22-45-42(55)36(24-30-12-18-35(19-13-30)59-27-31-8-4-2-5-9-31)48-43(56)37(25-40(54)60-28-32-10-6-3-7-11-32)47-39(53)21-20-38(52)46-34-16-14-33(15-17-34)41-49-44(57)61-50-41/h2-19,36-37H,20-28H2,1H3,(H,45,55)(H,46,52)(H,47,53)(H,48,56)(H,49,50,57)/t36-,37-/m0/s1. The Bertz CT molecular complexity index is 2280. The first kappa shape index (κ1) is 44.7. The van der Waals surface area contributed by atoms with Crippen LogP contribution in [0.25, 0.3) is 11.4 Å².